The molecule has 0 radical (unpaired) electrons. The molecule has 282 valence electrons. The number of aliphatic imine (C=N–C) groups is 4. The molecule has 13 rings (SSSR count). The largest absolute Gasteiger partial charge is 0.384 e. The van der Waals surface area contributed by atoms with Crippen LogP contribution in [0.2, 0.25) is 0 Å². The van der Waals surface area contributed by atoms with Gasteiger partial charge in [-0.05, 0) is 105 Å². The fourth-order valence-corrected chi connectivity index (χ4v) is 9.70. The Balaban J connectivity index is 1.17. The van der Waals surface area contributed by atoms with Crippen LogP contribution in [0.25, 0.3) is 53.9 Å². The Kier molecular flexibility index (Phi) is 6.14. The van der Waals surface area contributed by atoms with Crippen LogP contribution in [0.1, 0.15) is 40.3 Å². The molecule has 9 aromatic rings. The third-order valence-corrected chi connectivity index (χ3v) is 12.6. The van der Waals surface area contributed by atoms with E-state index in [2.05, 4.69) is 36.4 Å². The Morgan fingerprint density at radius 2 is 1.27 bits per heavy atom. The molecule has 5 heterocycles. The van der Waals surface area contributed by atoms with E-state index in [1.807, 2.05) is 104 Å². The Labute approximate surface area is 341 Å². The highest BCUT2D eigenvalue weighted by Gasteiger charge is 2.66. The summed E-state index contributed by atoms with van der Waals surface area (Å²) in [7, 11) is 0. The monoisotopic (exact) mass is 774 g/mol. The fraction of sp³-hybridized carbons (Fsp3) is 0.0600. The fourth-order valence-electron chi connectivity index (χ4n) is 9.70. The van der Waals surface area contributed by atoms with Gasteiger partial charge in [-0.2, -0.15) is 0 Å². The van der Waals surface area contributed by atoms with E-state index >= 15 is 0 Å². The summed E-state index contributed by atoms with van der Waals surface area (Å²) < 4.78 is 1.44. The zero-order valence-electron chi connectivity index (χ0n) is 31.9. The number of aliphatic hydroxyl groups is 2. The summed E-state index contributed by atoms with van der Waals surface area (Å²) in [5.74, 6) is -1.60. The third-order valence-electron chi connectivity index (χ3n) is 12.6. The molecule has 4 aliphatic rings. The molecule has 60 heavy (non-hydrogen) atoms. The molecule has 0 saturated heterocycles. The average Bonchev–Trinajstić information content (AvgIpc) is 3.90. The van der Waals surface area contributed by atoms with Gasteiger partial charge in [-0.1, -0.05) is 84.9 Å². The van der Waals surface area contributed by atoms with Crippen LogP contribution in [-0.4, -0.2) is 48.7 Å². The van der Waals surface area contributed by atoms with Gasteiger partial charge in [0.25, 0.3) is 11.6 Å². The minimum atomic E-state index is -2.68. The second kappa shape index (κ2) is 11.2. The highest BCUT2D eigenvalue weighted by atomic mass is 16.4. The van der Waals surface area contributed by atoms with Crippen molar-refractivity contribution in [2.45, 2.75) is 18.5 Å². The van der Waals surface area contributed by atoms with Crippen molar-refractivity contribution in [3.8, 4) is 0 Å². The number of rotatable bonds is 2. The molecule has 0 saturated carbocycles. The van der Waals surface area contributed by atoms with E-state index in [-0.39, 0.29) is 34.7 Å². The highest BCUT2D eigenvalue weighted by molar-refractivity contribution is 6.30. The van der Waals surface area contributed by atoms with Crippen LogP contribution < -0.4 is 5.73 Å². The second-order valence-corrected chi connectivity index (χ2v) is 15.9. The van der Waals surface area contributed by atoms with Crippen molar-refractivity contribution in [3.05, 3.63) is 179 Å². The molecule has 8 aromatic carbocycles. The standard InChI is InChI=1S/C50H30N8O2/c1-26-35-18-27-10-2-5-13-30(27)21-38(35)45(53-26)54-47-39-22-31-14-6-3-11-28(31)19-36(39)43(51)57(47)50(60)49(59)42-25-34-17-9-8-16-33(34)24-41(42)46(56-49)55-48-40-23-32-15-7-4-12-29(32)20-37(40)44(52)58(48)50/h2-7,9-15,17-25,52,59-60H,51H2,1H3/t49-,50+/m1/s1. The number of aromatic nitrogens is 1. The van der Waals surface area contributed by atoms with Gasteiger partial charge >= 0.3 is 0 Å². The number of amidine groups is 4. The highest BCUT2D eigenvalue weighted by Crippen LogP contribution is 2.55. The molecule has 10 heteroatoms. The number of benzene rings is 7. The maximum absolute atomic E-state index is 14.3. The predicted molar refractivity (Wildman–Crippen MR) is 238 cm³/mol. The van der Waals surface area contributed by atoms with Crippen molar-refractivity contribution in [3.63, 3.8) is 0 Å². The lowest BCUT2D eigenvalue weighted by Crippen LogP contribution is -2.64. The Morgan fingerprint density at radius 1 is 0.667 bits per heavy atom. The van der Waals surface area contributed by atoms with Crippen LogP contribution in [0, 0.1) is 17.5 Å². The number of nitrogen functional groups attached to an aromatic ring is 1. The molecule has 4 aliphatic heterocycles. The van der Waals surface area contributed by atoms with Gasteiger partial charge in [0.05, 0.1) is 0 Å². The normalized spacial score (nSPS) is 20.6. The zero-order valence-corrected chi connectivity index (χ0v) is 31.9. The first-order chi connectivity index (χ1) is 29.2. The minimum Gasteiger partial charge on any atom is -0.384 e. The van der Waals surface area contributed by atoms with Gasteiger partial charge in [0, 0.05) is 55.3 Å². The topological polar surface area (TPSA) is 148 Å². The van der Waals surface area contributed by atoms with Crippen molar-refractivity contribution < 1.29 is 10.2 Å². The number of nitrogens with one attached hydrogen (secondary N) is 1. The summed E-state index contributed by atoms with van der Waals surface area (Å²) in [4.78, 5) is 21.8. The van der Waals surface area contributed by atoms with Crippen molar-refractivity contribution in [2.75, 3.05) is 5.73 Å². The lowest BCUT2D eigenvalue weighted by Gasteiger charge is -2.46. The first-order valence-electron chi connectivity index (χ1n) is 19.6. The molecule has 0 aliphatic carbocycles. The Morgan fingerprint density at radius 3 is 1.95 bits per heavy atom. The van der Waals surface area contributed by atoms with E-state index in [0.717, 1.165) is 59.9 Å². The van der Waals surface area contributed by atoms with Crippen LogP contribution in [0.15, 0.2) is 153 Å². The van der Waals surface area contributed by atoms with Crippen LogP contribution in [0.4, 0.5) is 11.6 Å². The maximum atomic E-state index is 14.3. The van der Waals surface area contributed by atoms with Crippen molar-refractivity contribution in [2.24, 2.45) is 20.0 Å². The van der Waals surface area contributed by atoms with Crippen LogP contribution >= 0.6 is 0 Å². The number of fused-ring (bicyclic) bond motifs is 13. The maximum Gasteiger partial charge on any atom is 0.289 e. The minimum absolute atomic E-state index is 0.0912. The summed E-state index contributed by atoms with van der Waals surface area (Å²) in [6, 6.07) is 49.5. The number of hydrogen-bond donors (Lipinski definition) is 4. The molecule has 2 bridgehead atoms. The predicted octanol–water partition coefficient (Wildman–Crippen LogP) is 8.65. The quantitative estimate of drug-likeness (QED) is 0.139. The SMILES string of the molecule is CC1=NC(=Nc2c3cc4ccccc4cc3c(N)n2[C@]2(O)N3C(=N)c4cc5ccccc5cc4C3=NC3=N[C@@]2(O)c2cc4ccc#cc4cc23)c2cc3ccccc3cc21. The Bertz CT molecular complexity index is 3650. The summed E-state index contributed by atoms with van der Waals surface area (Å²) in [5.41, 5.74) is 9.36. The van der Waals surface area contributed by atoms with Crippen molar-refractivity contribution in [1.29, 1.82) is 5.41 Å². The molecule has 2 atom stereocenters. The van der Waals surface area contributed by atoms with Gasteiger partial charge in [-0.3, -0.25) is 14.9 Å². The van der Waals surface area contributed by atoms with Gasteiger partial charge in [-0.25, -0.2) is 20.0 Å². The lowest BCUT2D eigenvalue weighted by atomic mass is 9.91. The number of anilines is 1. The van der Waals surface area contributed by atoms with Crippen molar-refractivity contribution >= 4 is 94.6 Å². The molecule has 0 fully saturated rings. The van der Waals surface area contributed by atoms with E-state index in [4.69, 9.17) is 25.7 Å². The van der Waals surface area contributed by atoms with E-state index in [0.29, 0.717) is 33.3 Å². The molecule has 1 aromatic heterocycles. The molecule has 0 unspecified atom stereocenters. The summed E-state index contributed by atoms with van der Waals surface area (Å²) in [6.45, 7) is 1.96. The van der Waals surface area contributed by atoms with Crippen LogP contribution in [-0.2, 0) is 11.6 Å². The first-order valence-corrected chi connectivity index (χ1v) is 19.6. The van der Waals surface area contributed by atoms with E-state index < -0.39 is 11.6 Å². The molecule has 0 amide bonds. The molecule has 0 spiro atoms. The second-order valence-electron chi connectivity index (χ2n) is 15.9. The average molecular weight is 775 g/mol. The van der Waals surface area contributed by atoms with Gasteiger partial charge in [0.15, 0.2) is 11.7 Å². The number of hydrogen-bond acceptors (Lipinski definition) is 7. The van der Waals surface area contributed by atoms with E-state index in [1.54, 1.807) is 12.1 Å². The van der Waals surface area contributed by atoms with Crippen LogP contribution in [0.3, 0.4) is 0 Å². The third kappa shape index (κ3) is 4.06. The smallest absolute Gasteiger partial charge is 0.289 e. The molecule has 10 nitrogen and oxygen atoms in total. The van der Waals surface area contributed by atoms with Gasteiger partial charge in [-0.15, -0.1) is 0 Å². The summed E-state index contributed by atoms with van der Waals surface area (Å²) in [5, 5.41) is 46.4. The van der Waals surface area contributed by atoms with E-state index in [1.165, 1.54) is 9.47 Å². The first kappa shape index (κ1) is 33.0. The van der Waals surface area contributed by atoms with E-state index in [9.17, 15) is 15.6 Å². The van der Waals surface area contributed by atoms with Crippen molar-refractivity contribution in [1.82, 2.24) is 9.47 Å². The molecular formula is C50H30N8O2. The molecule has 5 N–H and O–H groups in total. The number of nitrogens with two attached hydrogens (primary N) is 1. The zero-order chi connectivity index (χ0) is 40.2. The molecular weight excluding hydrogens is 745 g/mol. The van der Waals surface area contributed by atoms with Gasteiger partial charge in [0.2, 0.25) is 0 Å². The van der Waals surface area contributed by atoms with Gasteiger partial charge < -0.3 is 15.9 Å². The lowest BCUT2D eigenvalue weighted by molar-refractivity contribution is -0.248. The van der Waals surface area contributed by atoms with Crippen LogP contribution in [0.5, 0.6) is 0 Å². The summed E-state index contributed by atoms with van der Waals surface area (Å²) in [6.07, 6.45) is 0. The number of nitrogens with zero attached hydrogens (tertiary/aromatic N) is 6. The Hall–Kier alpha value is -7.97. The summed E-state index contributed by atoms with van der Waals surface area (Å²) >= 11 is 0. The van der Waals surface area contributed by atoms with Gasteiger partial charge in [0.1, 0.15) is 23.3 Å².